The number of carbonyl (C=O) groups is 1. The molecule has 0 saturated heterocycles. The van der Waals surface area contributed by atoms with Crippen molar-refractivity contribution in [2.75, 3.05) is 10.6 Å². The monoisotopic (exact) mass is 286 g/mol. The molecule has 1 unspecified atom stereocenters. The Morgan fingerprint density at radius 1 is 1.43 bits per heavy atom. The van der Waals surface area contributed by atoms with Crippen LogP contribution < -0.4 is 10.6 Å². The lowest BCUT2D eigenvalue weighted by atomic mass is 10.1. The Hall–Kier alpha value is -2.30. The molecule has 0 spiro atoms. The van der Waals surface area contributed by atoms with Crippen LogP contribution in [0.15, 0.2) is 36.7 Å². The molecule has 0 aliphatic heterocycles. The van der Waals surface area contributed by atoms with Gasteiger partial charge in [0.1, 0.15) is 0 Å². The standard InChI is InChI=1S/C16H22N4O/c1-12-5-6-15(19-14(3)21)11-16(12)18-13(2)7-10-20-9-4-8-17-20/h4-6,8-9,11,13,18H,7,10H2,1-3H3,(H,19,21). The number of amides is 1. The van der Waals surface area contributed by atoms with Gasteiger partial charge in [-0.25, -0.2) is 0 Å². The highest BCUT2D eigenvalue weighted by Gasteiger charge is 2.06. The molecule has 5 nitrogen and oxygen atoms in total. The van der Waals surface area contributed by atoms with Gasteiger partial charge in [0.25, 0.3) is 0 Å². The van der Waals surface area contributed by atoms with Crippen molar-refractivity contribution in [1.82, 2.24) is 9.78 Å². The van der Waals surface area contributed by atoms with Gasteiger partial charge in [-0.1, -0.05) is 6.07 Å². The van der Waals surface area contributed by atoms with Crippen molar-refractivity contribution in [1.29, 1.82) is 0 Å². The Balaban J connectivity index is 1.95. The normalized spacial score (nSPS) is 12.0. The summed E-state index contributed by atoms with van der Waals surface area (Å²) in [4.78, 5) is 11.1. The van der Waals surface area contributed by atoms with E-state index in [9.17, 15) is 4.79 Å². The SMILES string of the molecule is CC(=O)Nc1ccc(C)c(NC(C)CCn2cccn2)c1. The summed E-state index contributed by atoms with van der Waals surface area (Å²) in [6, 6.07) is 8.14. The van der Waals surface area contributed by atoms with Crippen molar-refractivity contribution < 1.29 is 4.79 Å². The minimum atomic E-state index is -0.0588. The lowest BCUT2D eigenvalue weighted by Crippen LogP contribution is -2.18. The molecule has 2 rings (SSSR count). The van der Waals surface area contributed by atoms with Crippen molar-refractivity contribution in [3.05, 3.63) is 42.2 Å². The molecule has 0 aliphatic carbocycles. The number of nitrogens with zero attached hydrogens (tertiary/aromatic N) is 2. The third kappa shape index (κ3) is 4.63. The van der Waals surface area contributed by atoms with E-state index >= 15 is 0 Å². The summed E-state index contributed by atoms with van der Waals surface area (Å²) in [7, 11) is 0. The van der Waals surface area contributed by atoms with Gasteiger partial charge in [0.2, 0.25) is 5.91 Å². The van der Waals surface area contributed by atoms with E-state index in [0.717, 1.165) is 29.9 Å². The third-order valence-corrected chi connectivity index (χ3v) is 3.31. The average Bonchev–Trinajstić information content (AvgIpc) is 2.93. The number of benzene rings is 1. The first-order chi connectivity index (χ1) is 10.0. The molecule has 0 saturated carbocycles. The van der Waals surface area contributed by atoms with Crippen LogP contribution in [0.3, 0.4) is 0 Å². The highest BCUT2D eigenvalue weighted by molar-refractivity contribution is 5.89. The maximum absolute atomic E-state index is 11.1. The van der Waals surface area contributed by atoms with Crippen LogP contribution >= 0.6 is 0 Å². The smallest absolute Gasteiger partial charge is 0.221 e. The van der Waals surface area contributed by atoms with Gasteiger partial charge < -0.3 is 10.6 Å². The number of carbonyl (C=O) groups excluding carboxylic acids is 1. The summed E-state index contributed by atoms with van der Waals surface area (Å²) in [6.07, 6.45) is 4.74. The van der Waals surface area contributed by atoms with Crippen molar-refractivity contribution >= 4 is 17.3 Å². The predicted molar refractivity (Wildman–Crippen MR) is 85.4 cm³/mol. The van der Waals surface area contributed by atoms with E-state index in [1.54, 1.807) is 6.20 Å². The lowest BCUT2D eigenvalue weighted by Gasteiger charge is -2.18. The lowest BCUT2D eigenvalue weighted by molar-refractivity contribution is -0.114. The predicted octanol–water partition coefficient (Wildman–Crippen LogP) is 3.04. The fraction of sp³-hybridized carbons (Fsp3) is 0.375. The number of rotatable bonds is 6. The molecule has 5 heteroatoms. The molecule has 2 aromatic rings. The fourth-order valence-electron chi connectivity index (χ4n) is 2.15. The molecule has 0 radical (unpaired) electrons. The molecule has 1 aromatic heterocycles. The molecule has 0 bridgehead atoms. The number of aromatic nitrogens is 2. The molecule has 0 aliphatic rings. The third-order valence-electron chi connectivity index (χ3n) is 3.31. The van der Waals surface area contributed by atoms with Crippen LogP contribution in [0.2, 0.25) is 0 Å². The summed E-state index contributed by atoms with van der Waals surface area (Å²) in [6.45, 7) is 6.60. The van der Waals surface area contributed by atoms with E-state index in [-0.39, 0.29) is 5.91 Å². The van der Waals surface area contributed by atoms with Gasteiger partial charge in [-0.3, -0.25) is 9.48 Å². The van der Waals surface area contributed by atoms with Crippen molar-refractivity contribution in [3.8, 4) is 0 Å². The van der Waals surface area contributed by atoms with Crippen molar-refractivity contribution in [2.45, 2.75) is 39.8 Å². The minimum absolute atomic E-state index is 0.0588. The van der Waals surface area contributed by atoms with E-state index in [2.05, 4.69) is 29.6 Å². The Bertz CT molecular complexity index is 592. The first-order valence-corrected chi connectivity index (χ1v) is 7.17. The fourth-order valence-corrected chi connectivity index (χ4v) is 2.15. The molecular formula is C16H22N4O. The second-order valence-electron chi connectivity index (χ2n) is 5.31. The zero-order valence-electron chi connectivity index (χ0n) is 12.8. The molecule has 21 heavy (non-hydrogen) atoms. The maximum Gasteiger partial charge on any atom is 0.221 e. The van der Waals surface area contributed by atoms with E-state index < -0.39 is 0 Å². The molecular weight excluding hydrogens is 264 g/mol. The zero-order chi connectivity index (χ0) is 15.2. The van der Waals surface area contributed by atoms with E-state index in [4.69, 9.17) is 0 Å². The van der Waals surface area contributed by atoms with Crippen LogP contribution in [-0.2, 0) is 11.3 Å². The highest BCUT2D eigenvalue weighted by Crippen LogP contribution is 2.21. The van der Waals surface area contributed by atoms with Gasteiger partial charge >= 0.3 is 0 Å². The zero-order valence-corrected chi connectivity index (χ0v) is 12.8. The first-order valence-electron chi connectivity index (χ1n) is 7.17. The molecule has 1 amide bonds. The average molecular weight is 286 g/mol. The number of hydrogen-bond acceptors (Lipinski definition) is 3. The van der Waals surface area contributed by atoms with Crippen molar-refractivity contribution in [2.24, 2.45) is 0 Å². The number of nitrogens with one attached hydrogen (secondary N) is 2. The van der Waals surface area contributed by atoms with Gasteiger partial charge in [0.15, 0.2) is 0 Å². The molecule has 1 heterocycles. The Kier molecular flexibility index (Phi) is 4.98. The van der Waals surface area contributed by atoms with Gasteiger partial charge in [-0.2, -0.15) is 5.10 Å². The summed E-state index contributed by atoms with van der Waals surface area (Å²) >= 11 is 0. The Morgan fingerprint density at radius 3 is 2.90 bits per heavy atom. The molecule has 0 fully saturated rings. The quantitative estimate of drug-likeness (QED) is 0.858. The van der Waals surface area contributed by atoms with E-state index in [1.807, 2.05) is 35.1 Å². The van der Waals surface area contributed by atoms with Crippen molar-refractivity contribution in [3.63, 3.8) is 0 Å². The molecule has 1 atom stereocenters. The summed E-state index contributed by atoms with van der Waals surface area (Å²) in [5.74, 6) is -0.0588. The van der Waals surface area contributed by atoms with Crippen LogP contribution in [0.1, 0.15) is 25.8 Å². The van der Waals surface area contributed by atoms with Gasteiger partial charge in [0.05, 0.1) is 0 Å². The Labute approximate surface area is 125 Å². The minimum Gasteiger partial charge on any atom is -0.382 e. The summed E-state index contributed by atoms with van der Waals surface area (Å²) in [5.41, 5.74) is 3.03. The van der Waals surface area contributed by atoms with Crippen LogP contribution in [0.25, 0.3) is 0 Å². The van der Waals surface area contributed by atoms with Crippen LogP contribution in [0.5, 0.6) is 0 Å². The Morgan fingerprint density at radius 2 is 2.24 bits per heavy atom. The molecule has 2 N–H and O–H groups in total. The molecule has 112 valence electrons. The molecule has 1 aromatic carbocycles. The second-order valence-corrected chi connectivity index (χ2v) is 5.31. The largest absolute Gasteiger partial charge is 0.382 e. The van der Waals surface area contributed by atoms with E-state index in [1.165, 1.54) is 6.92 Å². The summed E-state index contributed by atoms with van der Waals surface area (Å²) in [5, 5.41) is 10.5. The number of hydrogen-bond donors (Lipinski definition) is 2. The van der Waals surface area contributed by atoms with Gasteiger partial charge in [-0.05, 0) is 44.0 Å². The number of aryl methyl sites for hydroxylation is 2. The first kappa shape index (κ1) is 15.1. The topological polar surface area (TPSA) is 59.0 Å². The van der Waals surface area contributed by atoms with E-state index in [0.29, 0.717) is 6.04 Å². The number of anilines is 2. The maximum atomic E-state index is 11.1. The highest BCUT2D eigenvalue weighted by atomic mass is 16.1. The summed E-state index contributed by atoms with van der Waals surface area (Å²) < 4.78 is 1.93. The van der Waals surface area contributed by atoms with Gasteiger partial charge in [-0.15, -0.1) is 0 Å². The van der Waals surface area contributed by atoms with Gasteiger partial charge in [0, 0.05) is 43.3 Å². The second kappa shape index (κ2) is 6.92. The van der Waals surface area contributed by atoms with Crippen LogP contribution in [0.4, 0.5) is 11.4 Å². The van der Waals surface area contributed by atoms with Crippen LogP contribution in [0, 0.1) is 6.92 Å². The van der Waals surface area contributed by atoms with Crippen LogP contribution in [-0.4, -0.2) is 21.7 Å².